The van der Waals surface area contributed by atoms with Crippen molar-refractivity contribution in [3.05, 3.63) is 18.0 Å². The Kier molecular flexibility index (Phi) is 4.41. The Bertz CT molecular complexity index is 599. The lowest BCUT2D eigenvalue weighted by molar-refractivity contribution is -0.157. The zero-order chi connectivity index (χ0) is 17.5. The number of aliphatic hydroxyl groups excluding tert-OH is 1. The molecule has 134 valence electrons. The number of fused-ring (bicyclic) bond motifs is 1. The van der Waals surface area contributed by atoms with E-state index >= 15 is 0 Å². The third kappa shape index (κ3) is 3.46. The van der Waals surface area contributed by atoms with Gasteiger partial charge in [0.1, 0.15) is 24.0 Å². The lowest BCUT2D eigenvalue weighted by Gasteiger charge is -2.36. The normalized spacial score (nSPS) is 32.4. The molecule has 0 aliphatic carbocycles. The molecule has 10 heteroatoms. The third-order valence-electron chi connectivity index (χ3n) is 3.86. The molecular weight excluding hydrogens is 331 g/mol. The van der Waals surface area contributed by atoms with Gasteiger partial charge in [0.25, 0.3) is 0 Å². The number of aromatic nitrogens is 2. The first kappa shape index (κ1) is 17.3. The van der Waals surface area contributed by atoms with E-state index in [-0.39, 0.29) is 19.2 Å². The molecule has 0 spiro atoms. The van der Waals surface area contributed by atoms with Crippen LogP contribution >= 0.6 is 0 Å². The number of alkyl halides is 3. The van der Waals surface area contributed by atoms with Crippen LogP contribution in [-0.4, -0.2) is 58.4 Å². The van der Waals surface area contributed by atoms with Crippen molar-refractivity contribution in [3.8, 4) is 0 Å². The maximum absolute atomic E-state index is 12.7. The Morgan fingerprint density at radius 1 is 1.33 bits per heavy atom. The summed E-state index contributed by atoms with van der Waals surface area (Å²) < 4.78 is 55.3. The Balaban J connectivity index is 1.78. The van der Waals surface area contributed by atoms with Gasteiger partial charge in [-0.15, -0.1) is 0 Å². The van der Waals surface area contributed by atoms with Crippen molar-refractivity contribution in [2.75, 3.05) is 18.5 Å². The highest BCUT2D eigenvalue weighted by molar-refractivity contribution is 5.29. The van der Waals surface area contributed by atoms with Gasteiger partial charge in [-0.2, -0.15) is 13.2 Å². The van der Waals surface area contributed by atoms with Gasteiger partial charge >= 0.3 is 6.18 Å². The molecule has 1 aromatic heterocycles. The third-order valence-corrected chi connectivity index (χ3v) is 3.86. The highest BCUT2D eigenvalue weighted by Gasteiger charge is 2.52. The average Bonchev–Trinajstić information content (AvgIpc) is 2.83. The lowest BCUT2D eigenvalue weighted by atomic mass is 9.98. The van der Waals surface area contributed by atoms with E-state index in [1.807, 2.05) is 0 Å². The Morgan fingerprint density at radius 3 is 2.71 bits per heavy atom. The number of hydrogen-bond donors (Lipinski definition) is 2. The molecule has 0 saturated carbocycles. The molecule has 3 heterocycles. The molecule has 0 unspecified atom stereocenters. The zero-order valence-electron chi connectivity index (χ0n) is 13.1. The molecule has 1 aromatic rings. The molecule has 0 aromatic carbocycles. The molecular formula is C14H18F3N3O4. The summed E-state index contributed by atoms with van der Waals surface area (Å²) in [6.07, 6.45) is -5.13. The molecule has 2 N–H and O–H groups in total. The minimum atomic E-state index is -4.55. The molecule has 2 aliphatic heterocycles. The maximum Gasteiger partial charge on any atom is 0.433 e. The van der Waals surface area contributed by atoms with Gasteiger partial charge in [-0.05, 0) is 19.9 Å². The second kappa shape index (κ2) is 6.10. The second-order valence-corrected chi connectivity index (χ2v) is 6.13. The van der Waals surface area contributed by atoms with Gasteiger partial charge in [-0.1, -0.05) is 0 Å². The van der Waals surface area contributed by atoms with Crippen molar-refractivity contribution in [1.82, 2.24) is 9.97 Å². The molecule has 4 atom stereocenters. The summed E-state index contributed by atoms with van der Waals surface area (Å²) >= 11 is 0. The Morgan fingerprint density at radius 2 is 2.04 bits per heavy atom. The fourth-order valence-corrected chi connectivity index (χ4v) is 2.87. The quantitative estimate of drug-likeness (QED) is 0.848. The van der Waals surface area contributed by atoms with Crippen LogP contribution < -0.4 is 5.32 Å². The van der Waals surface area contributed by atoms with E-state index in [9.17, 15) is 18.3 Å². The molecule has 0 amide bonds. The smallest absolute Gasteiger partial charge is 0.394 e. The van der Waals surface area contributed by atoms with Gasteiger partial charge in [-0.3, -0.25) is 0 Å². The van der Waals surface area contributed by atoms with E-state index in [0.29, 0.717) is 0 Å². The van der Waals surface area contributed by atoms with Crippen molar-refractivity contribution >= 4 is 5.95 Å². The largest absolute Gasteiger partial charge is 0.433 e. The molecule has 0 radical (unpaired) electrons. The van der Waals surface area contributed by atoms with E-state index in [1.165, 1.54) is 0 Å². The van der Waals surface area contributed by atoms with Gasteiger partial charge in [0.05, 0.1) is 19.3 Å². The summed E-state index contributed by atoms with van der Waals surface area (Å²) in [5, 5.41) is 12.2. The van der Waals surface area contributed by atoms with Crippen LogP contribution in [0.4, 0.5) is 19.1 Å². The molecule has 0 bridgehead atoms. The summed E-state index contributed by atoms with van der Waals surface area (Å²) in [5.41, 5.74) is -1.04. The molecule has 7 nitrogen and oxygen atoms in total. The van der Waals surface area contributed by atoms with Crippen LogP contribution in [0.3, 0.4) is 0 Å². The Labute approximate surface area is 136 Å². The van der Waals surface area contributed by atoms with E-state index in [2.05, 4.69) is 15.3 Å². The van der Waals surface area contributed by atoms with Gasteiger partial charge < -0.3 is 24.6 Å². The summed E-state index contributed by atoms with van der Waals surface area (Å²) in [4.78, 5) is 7.29. The van der Waals surface area contributed by atoms with Crippen LogP contribution in [0.1, 0.15) is 19.5 Å². The first-order valence-electron chi connectivity index (χ1n) is 7.44. The minimum absolute atomic E-state index is 0.117. The van der Waals surface area contributed by atoms with E-state index < -0.39 is 42.0 Å². The summed E-state index contributed by atoms with van der Waals surface area (Å²) in [7, 11) is 0. The second-order valence-electron chi connectivity index (χ2n) is 6.13. The van der Waals surface area contributed by atoms with Crippen LogP contribution in [0.15, 0.2) is 12.3 Å². The number of aliphatic hydroxyl groups is 1. The van der Waals surface area contributed by atoms with Crippen molar-refractivity contribution in [1.29, 1.82) is 0 Å². The van der Waals surface area contributed by atoms with Gasteiger partial charge in [0.2, 0.25) is 5.95 Å². The van der Waals surface area contributed by atoms with Crippen LogP contribution in [-0.2, 0) is 20.4 Å². The van der Waals surface area contributed by atoms with E-state index in [0.717, 1.165) is 12.3 Å². The average molecular weight is 349 g/mol. The number of nitrogens with zero attached hydrogens (tertiary/aromatic N) is 2. The Hall–Kier alpha value is -1.49. The first-order valence-corrected chi connectivity index (χ1v) is 7.44. The summed E-state index contributed by atoms with van der Waals surface area (Å²) in [6, 6.07) is 0.286. The number of ether oxygens (including phenoxy) is 3. The molecule has 2 fully saturated rings. The standard InChI is InChI=1S/C14H18F3N3O4/c1-13(2)23-10-7(6-22-8(5-21)11(10)24-13)19-12-18-4-3-9(20-12)14(15,16)17/h3-4,7-8,10-11,21H,5-6H2,1-2H3,(H,18,19,20)/t7-,8+,10+,11-/m0/s1. The first-order chi connectivity index (χ1) is 11.2. The maximum atomic E-state index is 12.7. The fraction of sp³-hybridized carbons (Fsp3) is 0.714. The molecule has 24 heavy (non-hydrogen) atoms. The molecule has 2 saturated heterocycles. The van der Waals surface area contributed by atoms with Gasteiger partial charge in [-0.25, -0.2) is 9.97 Å². The van der Waals surface area contributed by atoms with Crippen LogP contribution in [0.5, 0.6) is 0 Å². The monoisotopic (exact) mass is 349 g/mol. The van der Waals surface area contributed by atoms with Crippen molar-refractivity contribution < 1.29 is 32.5 Å². The fourth-order valence-electron chi connectivity index (χ4n) is 2.87. The number of nitrogens with one attached hydrogen (secondary N) is 1. The van der Waals surface area contributed by atoms with E-state index in [4.69, 9.17) is 14.2 Å². The van der Waals surface area contributed by atoms with Crippen molar-refractivity contribution in [3.63, 3.8) is 0 Å². The van der Waals surface area contributed by atoms with E-state index in [1.54, 1.807) is 13.8 Å². The van der Waals surface area contributed by atoms with Crippen LogP contribution in [0.25, 0.3) is 0 Å². The zero-order valence-corrected chi connectivity index (χ0v) is 13.1. The number of anilines is 1. The van der Waals surface area contributed by atoms with Gasteiger partial charge in [0.15, 0.2) is 5.79 Å². The van der Waals surface area contributed by atoms with Crippen LogP contribution in [0.2, 0.25) is 0 Å². The van der Waals surface area contributed by atoms with Gasteiger partial charge in [0, 0.05) is 6.20 Å². The van der Waals surface area contributed by atoms with Crippen molar-refractivity contribution in [2.45, 2.75) is 50.2 Å². The topological polar surface area (TPSA) is 85.7 Å². The number of rotatable bonds is 3. The highest BCUT2D eigenvalue weighted by Crippen LogP contribution is 2.36. The summed E-state index contributed by atoms with van der Waals surface area (Å²) in [5.74, 6) is -1.06. The predicted molar refractivity (Wildman–Crippen MR) is 75.1 cm³/mol. The summed E-state index contributed by atoms with van der Waals surface area (Å²) in [6.45, 7) is 3.31. The number of halogens is 3. The van der Waals surface area contributed by atoms with Crippen molar-refractivity contribution in [2.24, 2.45) is 0 Å². The van der Waals surface area contributed by atoms with Crippen LogP contribution in [0, 0.1) is 0 Å². The SMILES string of the molecule is CC1(C)O[C@@H]2[C@H](O1)[C@@H](Nc1nccc(C(F)(F)F)n1)CO[C@@H]2CO. The molecule has 3 rings (SSSR count). The molecule has 2 aliphatic rings. The highest BCUT2D eigenvalue weighted by atomic mass is 19.4. The lowest BCUT2D eigenvalue weighted by Crippen LogP contribution is -2.55. The predicted octanol–water partition coefficient (Wildman–Crippen LogP) is 1.19. The minimum Gasteiger partial charge on any atom is -0.394 e. The number of hydrogen-bond acceptors (Lipinski definition) is 7.